The summed E-state index contributed by atoms with van der Waals surface area (Å²) in [5.41, 5.74) is 3.70. The number of amides is 1. The Labute approximate surface area is 151 Å². The van der Waals surface area contributed by atoms with E-state index in [9.17, 15) is 4.79 Å². The van der Waals surface area contributed by atoms with Crippen molar-refractivity contribution in [2.24, 2.45) is 0 Å². The predicted molar refractivity (Wildman–Crippen MR) is 101 cm³/mol. The van der Waals surface area contributed by atoms with E-state index in [4.69, 9.17) is 0 Å². The second-order valence-electron chi connectivity index (χ2n) is 6.05. The minimum atomic E-state index is -0.123. The van der Waals surface area contributed by atoms with Crippen LogP contribution in [0.4, 0.5) is 0 Å². The largest absolute Gasteiger partial charge is 0.349 e. The molecular formula is C18H23N3OS2. The fourth-order valence-corrected chi connectivity index (χ4v) is 4.47. The average Bonchev–Trinajstić information content (AvgIpc) is 3.06. The van der Waals surface area contributed by atoms with E-state index in [0.29, 0.717) is 6.54 Å². The summed E-state index contributed by atoms with van der Waals surface area (Å²) < 4.78 is 0. The van der Waals surface area contributed by atoms with E-state index in [2.05, 4.69) is 45.7 Å². The maximum atomic E-state index is 12.5. The van der Waals surface area contributed by atoms with Gasteiger partial charge in [0, 0.05) is 24.2 Å². The Kier molecular flexibility index (Phi) is 5.92. The van der Waals surface area contributed by atoms with Gasteiger partial charge in [-0.2, -0.15) is 11.8 Å². The number of thiazole rings is 1. The van der Waals surface area contributed by atoms with Gasteiger partial charge < -0.3 is 5.32 Å². The van der Waals surface area contributed by atoms with Gasteiger partial charge in [-0.05, 0) is 30.7 Å². The summed E-state index contributed by atoms with van der Waals surface area (Å²) in [5, 5.41) is 6.19. The molecule has 2 aromatic rings. The fraction of sp³-hybridized carbons (Fsp3) is 0.444. The number of rotatable bonds is 6. The van der Waals surface area contributed by atoms with Gasteiger partial charge in [-0.25, -0.2) is 4.98 Å². The standard InChI is InChI=1S/C18H23N3OS2/c1-13(21-8-7-14-5-3-4-6-15(14)10-21)18(22)19-9-16-11-24-17(20-16)12-23-2/h3-6,11,13H,7-10,12H2,1-2H3,(H,19,22)/t13-/m1/s1. The number of aromatic nitrogens is 1. The highest BCUT2D eigenvalue weighted by Crippen LogP contribution is 2.20. The first-order valence-corrected chi connectivity index (χ1v) is 10.5. The van der Waals surface area contributed by atoms with Crippen molar-refractivity contribution < 1.29 is 4.79 Å². The number of benzene rings is 1. The number of carbonyl (C=O) groups excluding carboxylic acids is 1. The second-order valence-corrected chi connectivity index (χ2v) is 7.86. The molecule has 1 atom stereocenters. The Morgan fingerprint density at radius 1 is 1.42 bits per heavy atom. The second kappa shape index (κ2) is 8.14. The summed E-state index contributed by atoms with van der Waals surface area (Å²) in [6.07, 6.45) is 3.08. The Hall–Kier alpha value is -1.37. The van der Waals surface area contributed by atoms with Crippen LogP contribution in [-0.4, -0.2) is 34.6 Å². The monoisotopic (exact) mass is 361 g/mol. The molecule has 1 aromatic carbocycles. The number of nitrogens with one attached hydrogen (secondary N) is 1. The zero-order chi connectivity index (χ0) is 16.9. The summed E-state index contributed by atoms with van der Waals surface area (Å²) in [5.74, 6) is 1.01. The van der Waals surface area contributed by atoms with Gasteiger partial charge in [-0.15, -0.1) is 11.3 Å². The number of nitrogens with zero attached hydrogens (tertiary/aromatic N) is 2. The lowest BCUT2D eigenvalue weighted by Crippen LogP contribution is -2.46. The highest BCUT2D eigenvalue weighted by atomic mass is 32.2. The number of thioether (sulfide) groups is 1. The third kappa shape index (κ3) is 4.18. The molecule has 1 N–H and O–H groups in total. The quantitative estimate of drug-likeness (QED) is 0.859. The van der Waals surface area contributed by atoms with Crippen LogP contribution >= 0.6 is 23.1 Å². The van der Waals surface area contributed by atoms with Crippen molar-refractivity contribution in [2.75, 3.05) is 12.8 Å². The summed E-state index contributed by atoms with van der Waals surface area (Å²) in [6.45, 7) is 4.28. The summed E-state index contributed by atoms with van der Waals surface area (Å²) in [6, 6.07) is 8.38. The van der Waals surface area contributed by atoms with Crippen LogP contribution in [0.3, 0.4) is 0 Å². The molecule has 128 valence electrons. The molecule has 1 aliphatic rings. The first kappa shape index (κ1) is 17.5. The third-order valence-corrected chi connectivity index (χ3v) is 6.04. The SMILES string of the molecule is CSCc1nc(CNC(=O)[C@@H](C)N2CCc3ccccc3C2)cs1. The van der Waals surface area contributed by atoms with Crippen molar-refractivity contribution in [1.29, 1.82) is 0 Å². The van der Waals surface area contributed by atoms with Crippen molar-refractivity contribution in [3.8, 4) is 0 Å². The van der Waals surface area contributed by atoms with E-state index in [1.165, 1.54) is 11.1 Å². The maximum absolute atomic E-state index is 12.5. The van der Waals surface area contributed by atoms with E-state index < -0.39 is 0 Å². The zero-order valence-corrected chi connectivity index (χ0v) is 15.8. The summed E-state index contributed by atoms with van der Waals surface area (Å²) >= 11 is 3.43. The molecular weight excluding hydrogens is 338 g/mol. The number of hydrogen-bond acceptors (Lipinski definition) is 5. The summed E-state index contributed by atoms with van der Waals surface area (Å²) in [7, 11) is 0. The Balaban J connectivity index is 1.53. The lowest BCUT2D eigenvalue weighted by atomic mass is 9.99. The molecule has 24 heavy (non-hydrogen) atoms. The van der Waals surface area contributed by atoms with E-state index >= 15 is 0 Å². The topological polar surface area (TPSA) is 45.2 Å². The van der Waals surface area contributed by atoms with Gasteiger partial charge in [0.2, 0.25) is 5.91 Å². The molecule has 0 radical (unpaired) electrons. The summed E-state index contributed by atoms with van der Waals surface area (Å²) in [4.78, 5) is 19.3. The minimum Gasteiger partial charge on any atom is -0.349 e. The molecule has 0 saturated heterocycles. The molecule has 1 aromatic heterocycles. The van der Waals surface area contributed by atoms with E-state index in [-0.39, 0.29) is 11.9 Å². The van der Waals surface area contributed by atoms with E-state index in [1.807, 2.05) is 12.3 Å². The normalized spacial score (nSPS) is 15.8. The van der Waals surface area contributed by atoms with Crippen LogP contribution in [0.25, 0.3) is 0 Å². The average molecular weight is 362 g/mol. The molecule has 6 heteroatoms. The minimum absolute atomic E-state index is 0.0776. The molecule has 3 rings (SSSR count). The lowest BCUT2D eigenvalue weighted by molar-refractivity contribution is -0.126. The van der Waals surface area contributed by atoms with Crippen molar-refractivity contribution in [2.45, 2.75) is 38.2 Å². The van der Waals surface area contributed by atoms with Gasteiger partial charge in [0.1, 0.15) is 5.01 Å². The molecule has 0 spiro atoms. The molecule has 1 aliphatic heterocycles. The van der Waals surface area contributed by atoms with Gasteiger partial charge in [-0.3, -0.25) is 9.69 Å². The van der Waals surface area contributed by atoms with Gasteiger partial charge in [0.15, 0.2) is 0 Å². The highest BCUT2D eigenvalue weighted by molar-refractivity contribution is 7.97. The number of fused-ring (bicyclic) bond motifs is 1. The number of carbonyl (C=O) groups is 1. The van der Waals surface area contributed by atoms with Crippen LogP contribution in [0, 0.1) is 0 Å². The van der Waals surface area contributed by atoms with Gasteiger partial charge >= 0.3 is 0 Å². The molecule has 2 heterocycles. The van der Waals surface area contributed by atoms with Crippen molar-refractivity contribution in [3.63, 3.8) is 0 Å². The van der Waals surface area contributed by atoms with Crippen molar-refractivity contribution >= 4 is 29.0 Å². The highest BCUT2D eigenvalue weighted by Gasteiger charge is 2.25. The van der Waals surface area contributed by atoms with Gasteiger partial charge in [-0.1, -0.05) is 24.3 Å². The first-order chi connectivity index (χ1) is 11.7. The molecule has 0 aliphatic carbocycles. The number of hydrogen-bond donors (Lipinski definition) is 1. The molecule has 1 amide bonds. The van der Waals surface area contributed by atoms with Crippen molar-refractivity contribution in [1.82, 2.24) is 15.2 Å². The van der Waals surface area contributed by atoms with Crippen LogP contribution in [0.15, 0.2) is 29.6 Å². The Morgan fingerprint density at radius 3 is 3.00 bits per heavy atom. The predicted octanol–water partition coefficient (Wildman–Crippen LogP) is 3.07. The van der Waals surface area contributed by atoms with Gasteiger partial charge in [0.25, 0.3) is 0 Å². The van der Waals surface area contributed by atoms with E-state index in [0.717, 1.165) is 36.0 Å². The van der Waals surface area contributed by atoms with Crippen LogP contribution in [0.2, 0.25) is 0 Å². The Morgan fingerprint density at radius 2 is 2.21 bits per heavy atom. The van der Waals surface area contributed by atoms with E-state index in [1.54, 1.807) is 23.1 Å². The maximum Gasteiger partial charge on any atom is 0.237 e. The molecule has 0 bridgehead atoms. The first-order valence-electron chi connectivity index (χ1n) is 8.18. The molecule has 4 nitrogen and oxygen atoms in total. The Bertz CT molecular complexity index is 701. The van der Waals surface area contributed by atoms with Crippen LogP contribution in [-0.2, 0) is 30.1 Å². The smallest absolute Gasteiger partial charge is 0.237 e. The van der Waals surface area contributed by atoms with Crippen LogP contribution in [0.1, 0.15) is 28.8 Å². The van der Waals surface area contributed by atoms with Crippen LogP contribution < -0.4 is 5.32 Å². The van der Waals surface area contributed by atoms with Gasteiger partial charge in [0.05, 0.1) is 18.3 Å². The molecule has 0 unspecified atom stereocenters. The fourth-order valence-electron chi connectivity index (χ4n) is 2.96. The zero-order valence-electron chi connectivity index (χ0n) is 14.1. The van der Waals surface area contributed by atoms with Crippen molar-refractivity contribution in [3.05, 3.63) is 51.5 Å². The molecule has 0 fully saturated rings. The lowest BCUT2D eigenvalue weighted by Gasteiger charge is -2.32. The van der Waals surface area contributed by atoms with Crippen LogP contribution in [0.5, 0.6) is 0 Å². The third-order valence-electron chi connectivity index (χ3n) is 4.40. The molecule has 0 saturated carbocycles.